The Morgan fingerprint density at radius 1 is 1.10 bits per heavy atom. The first-order chi connectivity index (χ1) is 9.92. The highest BCUT2D eigenvalue weighted by atomic mass is 15.2. The minimum atomic E-state index is 0.678. The van der Waals surface area contributed by atoms with E-state index in [9.17, 15) is 0 Å². The maximum atomic E-state index is 4.59. The summed E-state index contributed by atoms with van der Waals surface area (Å²) < 4.78 is 0. The summed E-state index contributed by atoms with van der Waals surface area (Å²) in [5, 5.41) is 3.25. The van der Waals surface area contributed by atoms with Crippen LogP contribution in [0.25, 0.3) is 0 Å². The van der Waals surface area contributed by atoms with Gasteiger partial charge in [0.2, 0.25) is 5.95 Å². The van der Waals surface area contributed by atoms with E-state index in [2.05, 4.69) is 25.2 Å². The van der Waals surface area contributed by atoms with Gasteiger partial charge < -0.3 is 10.2 Å². The maximum absolute atomic E-state index is 4.59. The minimum absolute atomic E-state index is 0.678. The molecule has 0 aromatic carbocycles. The topological polar surface area (TPSA) is 53.9 Å². The van der Waals surface area contributed by atoms with E-state index < -0.39 is 0 Å². The lowest BCUT2D eigenvalue weighted by molar-refractivity contribution is 0.573. The Morgan fingerprint density at radius 2 is 2.00 bits per heavy atom. The predicted molar refractivity (Wildman–Crippen MR) is 79.7 cm³/mol. The molecule has 2 aromatic rings. The van der Waals surface area contributed by atoms with Crippen molar-refractivity contribution >= 4 is 11.8 Å². The van der Waals surface area contributed by atoms with Crippen LogP contribution in [0.4, 0.5) is 11.8 Å². The van der Waals surface area contributed by atoms with Crippen molar-refractivity contribution in [1.82, 2.24) is 15.0 Å². The number of rotatable bonds is 4. The second-order valence-electron chi connectivity index (χ2n) is 5.00. The largest absolute Gasteiger partial charge is 0.356 e. The summed E-state index contributed by atoms with van der Waals surface area (Å²) in [5.74, 6) is 1.70. The summed E-state index contributed by atoms with van der Waals surface area (Å²) in [4.78, 5) is 15.3. The molecule has 2 aromatic heterocycles. The number of aromatic nitrogens is 3. The van der Waals surface area contributed by atoms with Gasteiger partial charge in [0, 0.05) is 38.2 Å². The number of piperidine rings is 1. The highest BCUT2D eigenvalue weighted by Gasteiger charge is 2.12. The fraction of sp³-hybridized carbons (Fsp3) is 0.400. The van der Waals surface area contributed by atoms with Gasteiger partial charge in [0.1, 0.15) is 5.82 Å². The third kappa shape index (κ3) is 3.23. The number of anilines is 2. The van der Waals surface area contributed by atoms with Gasteiger partial charge in [0.05, 0.1) is 0 Å². The molecular formula is C15H19N5. The lowest BCUT2D eigenvalue weighted by atomic mass is 10.1. The Labute approximate surface area is 119 Å². The molecule has 1 aliphatic heterocycles. The van der Waals surface area contributed by atoms with Crippen molar-refractivity contribution in [2.24, 2.45) is 0 Å². The van der Waals surface area contributed by atoms with E-state index in [1.807, 2.05) is 30.6 Å². The van der Waals surface area contributed by atoms with E-state index in [0.29, 0.717) is 12.5 Å². The average Bonchev–Trinajstić information content (AvgIpc) is 2.55. The van der Waals surface area contributed by atoms with Gasteiger partial charge in [-0.05, 0) is 37.0 Å². The molecule has 1 fully saturated rings. The van der Waals surface area contributed by atoms with Crippen LogP contribution >= 0.6 is 0 Å². The molecule has 0 atom stereocenters. The normalized spacial score (nSPS) is 15.1. The molecule has 1 N–H and O–H groups in total. The zero-order valence-corrected chi connectivity index (χ0v) is 11.5. The van der Waals surface area contributed by atoms with Gasteiger partial charge in [0.25, 0.3) is 0 Å². The van der Waals surface area contributed by atoms with Gasteiger partial charge in [-0.15, -0.1) is 0 Å². The van der Waals surface area contributed by atoms with Crippen LogP contribution in [0.1, 0.15) is 24.8 Å². The van der Waals surface area contributed by atoms with E-state index in [-0.39, 0.29) is 0 Å². The van der Waals surface area contributed by atoms with Gasteiger partial charge in [-0.1, -0.05) is 6.07 Å². The minimum Gasteiger partial charge on any atom is -0.356 e. The zero-order chi connectivity index (χ0) is 13.6. The van der Waals surface area contributed by atoms with Crippen LogP contribution in [0.2, 0.25) is 0 Å². The van der Waals surface area contributed by atoms with Crippen LogP contribution in [-0.2, 0) is 6.54 Å². The van der Waals surface area contributed by atoms with E-state index in [1.54, 1.807) is 6.20 Å². The van der Waals surface area contributed by atoms with Crippen molar-refractivity contribution in [2.45, 2.75) is 25.8 Å². The average molecular weight is 269 g/mol. The van der Waals surface area contributed by atoms with Crippen molar-refractivity contribution in [1.29, 1.82) is 0 Å². The lowest BCUT2D eigenvalue weighted by Crippen LogP contribution is -2.30. The maximum Gasteiger partial charge on any atom is 0.224 e. The third-order valence-corrected chi connectivity index (χ3v) is 3.49. The van der Waals surface area contributed by atoms with E-state index in [4.69, 9.17) is 0 Å². The van der Waals surface area contributed by atoms with Gasteiger partial charge >= 0.3 is 0 Å². The Bertz CT molecular complexity index is 537. The highest BCUT2D eigenvalue weighted by molar-refractivity contribution is 5.42. The van der Waals surface area contributed by atoms with Crippen molar-refractivity contribution < 1.29 is 0 Å². The molecule has 5 nitrogen and oxygen atoms in total. The van der Waals surface area contributed by atoms with Crippen molar-refractivity contribution in [3.05, 3.63) is 42.4 Å². The molecule has 3 rings (SSSR count). The molecule has 1 saturated heterocycles. The number of pyridine rings is 1. The molecule has 1 aliphatic rings. The van der Waals surface area contributed by atoms with Gasteiger partial charge in [0.15, 0.2) is 0 Å². The summed E-state index contributed by atoms with van der Waals surface area (Å²) in [5.41, 5.74) is 1.12. The van der Waals surface area contributed by atoms with Gasteiger partial charge in [-0.3, -0.25) is 4.98 Å². The molecule has 104 valence electrons. The first-order valence-electron chi connectivity index (χ1n) is 7.12. The van der Waals surface area contributed by atoms with E-state index in [1.165, 1.54) is 19.3 Å². The summed E-state index contributed by atoms with van der Waals surface area (Å²) in [6, 6.07) is 5.96. The van der Waals surface area contributed by atoms with E-state index in [0.717, 1.165) is 24.5 Å². The summed E-state index contributed by atoms with van der Waals surface area (Å²) in [7, 11) is 0. The molecule has 0 radical (unpaired) electrons. The highest BCUT2D eigenvalue weighted by Crippen LogP contribution is 2.18. The fourth-order valence-corrected chi connectivity index (χ4v) is 2.42. The molecule has 0 bridgehead atoms. The van der Waals surface area contributed by atoms with Crippen molar-refractivity contribution in [2.75, 3.05) is 23.3 Å². The molecule has 3 heterocycles. The predicted octanol–water partition coefficient (Wildman–Crippen LogP) is 2.47. The fourth-order valence-electron chi connectivity index (χ4n) is 2.42. The van der Waals surface area contributed by atoms with Crippen LogP contribution in [0.5, 0.6) is 0 Å². The third-order valence-electron chi connectivity index (χ3n) is 3.49. The molecule has 0 spiro atoms. The van der Waals surface area contributed by atoms with Gasteiger partial charge in [-0.25, -0.2) is 4.98 Å². The van der Waals surface area contributed by atoms with Gasteiger partial charge in [-0.2, -0.15) is 4.98 Å². The molecule has 20 heavy (non-hydrogen) atoms. The Hall–Kier alpha value is -2.17. The Kier molecular flexibility index (Phi) is 4.06. The Morgan fingerprint density at radius 3 is 2.80 bits per heavy atom. The van der Waals surface area contributed by atoms with Crippen LogP contribution in [-0.4, -0.2) is 28.0 Å². The SMILES string of the molecule is c1cncc(CNc2nccc(N3CCCCC3)n2)c1. The second-order valence-corrected chi connectivity index (χ2v) is 5.00. The van der Waals surface area contributed by atoms with Crippen LogP contribution in [0.15, 0.2) is 36.8 Å². The zero-order valence-electron chi connectivity index (χ0n) is 11.5. The lowest BCUT2D eigenvalue weighted by Gasteiger charge is -2.27. The van der Waals surface area contributed by atoms with E-state index >= 15 is 0 Å². The number of hydrogen-bond donors (Lipinski definition) is 1. The van der Waals surface area contributed by atoms with Crippen molar-refractivity contribution in [3.63, 3.8) is 0 Å². The summed E-state index contributed by atoms with van der Waals surface area (Å²) >= 11 is 0. The number of nitrogens with one attached hydrogen (secondary N) is 1. The second kappa shape index (κ2) is 6.32. The number of nitrogens with zero attached hydrogens (tertiary/aromatic N) is 4. The standard InChI is InChI=1S/C15H19N5/c1-2-9-20(10-3-1)14-6-8-17-15(19-14)18-12-13-5-4-7-16-11-13/h4-8,11H,1-3,9-10,12H2,(H,17,18,19). The molecule has 0 aliphatic carbocycles. The van der Waals surface area contributed by atoms with Crippen LogP contribution in [0.3, 0.4) is 0 Å². The Balaban J connectivity index is 1.65. The smallest absolute Gasteiger partial charge is 0.224 e. The summed E-state index contributed by atoms with van der Waals surface area (Å²) in [6.07, 6.45) is 9.28. The first-order valence-corrected chi connectivity index (χ1v) is 7.12. The number of hydrogen-bond acceptors (Lipinski definition) is 5. The molecular weight excluding hydrogens is 250 g/mol. The monoisotopic (exact) mass is 269 g/mol. The quantitative estimate of drug-likeness (QED) is 0.924. The van der Waals surface area contributed by atoms with Crippen LogP contribution in [0, 0.1) is 0 Å². The summed E-state index contributed by atoms with van der Waals surface area (Å²) in [6.45, 7) is 2.88. The molecule has 0 amide bonds. The van der Waals surface area contributed by atoms with Crippen LogP contribution < -0.4 is 10.2 Å². The molecule has 5 heteroatoms. The molecule has 0 saturated carbocycles. The first kappa shape index (κ1) is 12.8. The van der Waals surface area contributed by atoms with Crippen molar-refractivity contribution in [3.8, 4) is 0 Å². The molecule has 0 unspecified atom stereocenters.